The molecule has 2 rings (SSSR count). The van der Waals surface area contributed by atoms with Crippen molar-refractivity contribution >= 4 is 32.6 Å². The summed E-state index contributed by atoms with van der Waals surface area (Å²) >= 11 is 5.34. The minimum Gasteiger partial charge on any atom is -0.312 e. The summed E-state index contributed by atoms with van der Waals surface area (Å²) in [5.74, 6) is -1.38. The van der Waals surface area contributed by atoms with E-state index in [1.54, 1.807) is 30.3 Å². The maximum absolute atomic E-state index is 12.1. The van der Waals surface area contributed by atoms with Gasteiger partial charge in [-0.1, -0.05) is 18.2 Å². The van der Waals surface area contributed by atoms with E-state index in [9.17, 15) is 18.0 Å². The van der Waals surface area contributed by atoms with Gasteiger partial charge in [0.15, 0.2) is 9.84 Å². The molecule has 1 amide bonds. The van der Waals surface area contributed by atoms with E-state index in [1.165, 1.54) is 0 Å². The molecule has 18 heavy (non-hydrogen) atoms. The highest BCUT2D eigenvalue weighted by molar-refractivity contribution is 7.91. The third kappa shape index (κ3) is 2.54. The number of hydrogen-bond donors (Lipinski definition) is 0. The summed E-state index contributed by atoms with van der Waals surface area (Å²) < 4.78 is 23.0. The van der Waals surface area contributed by atoms with Crippen LogP contribution < -0.4 is 0 Å². The maximum Gasteiger partial charge on any atom is 0.255 e. The second-order valence-corrected chi connectivity index (χ2v) is 6.45. The van der Waals surface area contributed by atoms with Gasteiger partial charge in [-0.15, -0.1) is 0 Å². The average Bonchev–Trinajstić information content (AvgIpc) is 2.66. The van der Waals surface area contributed by atoms with E-state index < -0.39 is 38.7 Å². The number of benzene rings is 1. The molecule has 0 aliphatic carbocycles. The van der Waals surface area contributed by atoms with Gasteiger partial charge in [-0.2, -0.15) is 0 Å². The number of rotatable bonds is 2. The van der Waals surface area contributed by atoms with Crippen molar-refractivity contribution in [3.8, 4) is 0 Å². The van der Waals surface area contributed by atoms with E-state index in [2.05, 4.69) is 0 Å². The number of halogens is 1. The molecule has 0 bridgehead atoms. The van der Waals surface area contributed by atoms with Gasteiger partial charge < -0.3 is 4.90 Å². The monoisotopic (exact) mass is 287 g/mol. The first-order valence-corrected chi connectivity index (χ1v) is 7.36. The Labute approximate surface area is 109 Å². The van der Waals surface area contributed by atoms with Crippen LogP contribution in [0.1, 0.15) is 10.4 Å². The van der Waals surface area contributed by atoms with Crippen molar-refractivity contribution in [2.45, 2.75) is 6.04 Å². The Morgan fingerprint density at radius 1 is 1.22 bits per heavy atom. The molecule has 96 valence electrons. The highest BCUT2D eigenvalue weighted by Gasteiger charge is 2.42. The fourth-order valence-electron chi connectivity index (χ4n) is 1.82. The van der Waals surface area contributed by atoms with E-state index in [1.807, 2.05) is 0 Å². The van der Waals surface area contributed by atoms with E-state index in [-0.39, 0.29) is 0 Å². The maximum atomic E-state index is 12.1. The second kappa shape index (κ2) is 4.70. The number of sulfone groups is 1. The van der Waals surface area contributed by atoms with Crippen molar-refractivity contribution in [3.05, 3.63) is 35.9 Å². The Morgan fingerprint density at radius 2 is 1.83 bits per heavy atom. The van der Waals surface area contributed by atoms with Gasteiger partial charge >= 0.3 is 0 Å². The van der Waals surface area contributed by atoms with Crippen LogP contribution in [0.3, 0.4) is 0 Å². The molecule has 1 atom stereocenters. The average molecular weight is 288 g/mol. The summed E-state index contributed by atoms with van der Waals surface area (Å²) in [5.41, 5.74) is 0.331. The predicted octanol–water partition coefficient (Wildman–Crippen LogP) is 0.649. The topological polar surface area (TPSA) is 71.5 Å². The lowest BCUT2D eigenvalue weighted by atomic mass is 10.2. The van der Waals surface area contributed by atoms with Gasteiger partial charge in [0.2, 0.25) is 5.24 Å². The van der Waals surface area contributed by atoms with Crippen LogP contribution in [-0.4, -0.2) is 42.1 Å². The summed E-state index contributed by atoms with van der Waals surface area (Å²) in [6, 6.07) is 7.09. The fourth-order valence-corrected chi connectivity index (χ4v) is 3.75. The smallest absolute Gasteiger partial charge is 0.255 e. The molecule has 1 fully saturated rings. The summed E-state index contributed by atoms with van der Waals surface area (Å²) in [6.45, 7) is 0. The van der Waals surface area contributed by atoms with E-state index in [4.69, 9.17) is 11.6 Å². The number of carbonyl (C=O) groups is 2. The number of hydrogen-bond acceptors (Lipinski definition) is 4. The molecule has 5 nitrogen and oxygen atoms in total. The number of amides is 1. The van der Waals surface area contributed by atoms with Gasteiger partial charge in [-0.25, -0.2) is 8.42 Å². The van der Waals surface area contributed by atoms with E-state index in [0.29, 0.717) is 5.56 Å². The van der Waals surface area contributed by atoms with Crippen LogP contribution >= 0.6 is 11.6 Å². The molecular weight excluding hydrogens is 278 g/mol. The first-order valence-electron chi connectivity index (χ1n) is 5.16. The molecule has 1 aliphatic heterocycles. The van der Waals surface area contributed by atoms with Gasteiger partial charge in [0.05, 0.1) is 5.75 Å². The Hall–Kier alpha value is -1.40. The molecule has 1 aromatic rings. The Morgan fingerprint density at radius 3 is 2.39 bits per heavy atom. The second-order valence-electron chi connectivity index (χ2n) is 4.00. The lowest BCUT2D eigenvalue weighted by Crippen LogP contribution is -2.40. The molecule has 0 spiro atoms. The molecule has 0 aromatic heterocycles. The van der Waals surface area contributed by atoms with E-state index in [0.717, 1.165) is 4.90 Å². The molecule has 1 aliphatic rings. The van der Waals surface area contributed by atoms with Crippen molar-refractivity contribution in [1.82, 2.24) is 4.90 Å². The lowest BCUT2D eigenvalue weighted by molar-refractivity contribution is -0.114. The molecule has 1 heterocycles. The molecule has 1 unspecified atom stereocenters. The van der Waals surface area contributed by atoms with Gasteiger partial charge in [0.25, 0.3) is 5.91 Å². The molecule has 1 saturated heterocycles. The van der Waals surface area contributed by atoms with Crippen molar-refractivity contribution in [1.29, 1.82) is 0 Å². The first kappa shape index (κ1) is 13.0. The third-order valence-electron chi connectivity index (χ3n) is 2.67. The Kier molecular flexibility index (Phi) is 3.41. The predicted molar refractivity (Wildman–Crippen MR) is 65.9 cm³/mol. The summed E-state index contributed by atoms with van der Waals surface area (Å²) in [7, 11) is -3.44. The molecule has 0 N–H and O–H groups in total. The Bertz CT molecular complexity index is 584. The van der Waals surface area contributed by atoms with Gasteiger partial charge in [-0.05, 0) is 23.7 Å². The number of carbonyl (C=O) groups excluding carboxylic acids is 2. The third-order valence-corrected chi connectivity index (χ3v) is 4.41. The van der Waals surface area contributed by atoms with Gasteiger partial charge in [0, 0.05) is 5.56 Å². The first-order chi connectivity index (χ1) is 8.41. The van der Waals surface area contributed by atoms with Gasteiger partial charge in [-0.3, -0.25) is 9.59 Å². The number of nitrogens with zero attached hydrogens (tertiary/aromatic N) is 1. The van der Waals surface area contributed by atoms with Crippen LogP contribution in [0.25, 0.3) is 0 Å². The molecular formula is C11H10ClNO4S. The highest BCUT2D eigenvalue weighted by Crippen LogP contribution is 2.20. The Balaban J connectivity index is 2.32. The summed E-state index contributed by atoms with van der Waals surface area (Å²) in [5, 5.41) is -0.833. The van der Waals surface area contributed by atoms with Crippen molar-refractivity contribution in [3.63, 3.8) is 0 Å². The summed E-state index contributed by atoms with van der Waals surface area (Å²) in [6.07, 6.45) is 0. The van der Waals surface area contributed by atoms with Crippen LogP contribution in [0, 0.1) is 0 Å². The summed E-state index contributed by atoms with van der Waals surface area (Å²) in [4.78, 5) is 24.3. The standard InChI is InChI=1S/C11H10ClNO4S/c12-10(14)9-6-18(16,17)7-13(9)11(15)8-4-2-1-3-5-8/h1-5,9H,6-7H2. The normalized spacial score (nSPS) is 21.8. The van der Waals surface area contributed by atoms with Crippen LogP contribution in [0.4, 0.5) is 0 Å². The minimum atomic E-state index is -3.44. The van der Waals surface area contributed by atoms with Crippen LogP contribution in [-0.2, 0) is 14.6 Å². The SMILES string of the molecule is O=C(Cl)C1CS(=O)(=O)CN1C(=O)c1ccccc1. The van der Waals surface area contributed by atoms with E-state index >= 15 is 0 Å². The van der Waals surface area contributed by atoms with Crippen molar-refractivity contribution in [2.75, 3.05) is 11.6 Å². The quantitative estimate of drug-likeness (QED) is 0.749. The minimum absolute atomic E-state index is 0.331. The molecule has 0 saturated carbocycles. The lowest BCUT2D eigenvalue weighted by Gasteiger charge is -2.19. The largest absolute Gasteiger partial charge is 0.312 e. The highest BCUT2D eigenvalue weighted by atomic mass is 35.5. The van der Waals surface area contributed by atoms with Crippen LogP contribution in [0.5, 0.6) is 0 Å². The van der Waals surface area contributed by atoms with Crippen LogP contribution in [0.15, 0.2) is 30.3 Å². The zero-order valence-corrected chi connectivity index (χ0v) is 10.8. The zero-order chi connectivity index (χ0) is 13.3. The van der Waals surface area contributed by atoms with Gasteiger partial charge in [0.1, 0.15) is 11.9 Å². The molecule has 7 heteroatoms. The van der Waals surface area contributed by atoms with Crippen molar-refractivity contribution in [2.24, 2.45) is 0 Å². The fraction of sp³-hybridized carbons (Fsp3) is 0.273. The zero-order valence-electron chi connectivity index (χ0n) is 9.24. The van der Waals surface area contributed by atoms with Crippen LogP contribution in [0.2, 0.25) is 0 Å². The molecule has 0 radical (unpaired) electrons. The van der Waals surface area contributed by atoms with Crippen molar-refractivity contribution < 1.29 is 18.0 Å². The molecule has 1 aromatic carbocycles.